The molecule has 2 aromatic rings. The molecule has 1 aliphatic heterocycles. The molecule has 28 heavy (non-hydrogen) atoms. The zero-order valence-electron chi connectivity index (χ0n) is 16.7. The first-order valence-corrected chi connectivity index (χ1v) is 10.3. The van der Waals surface area contributed by atoms with E-state index in [0.29, 0.717) is 19.4 Å². The molecule has 0 spiro atoms. The first-order valence-electron chi connectivity index (χ1n) is 10.3. The molecule has 0 radical (unpaired) electrons. The second-order valence-corrected chi connectivity index (χ2v) is 8.17. The van der Waals surface area contributed by atoms with Gasteiger partial charge < -0.3 is 19.7 Å². The maximum Gasteiger partial charge on any atom is 0.119 e. The second-order valence-electron chi connectivity index (χ2n) is 8.17. The molecule has 1 saturated heterocycles. The van der Waals surface area contributed by atoms with Gasteiger partial charge in [0.05, 0.1) is 31.5 Å². The Morgan fingerprint density at radius 1 is 1.07 bits per heavy atom. The van der Waals surface area contributed by atoms with Crippen LogP contribution in [-0.4, -0.2) is 35.6 Å². The van der Waals surface area contributed by atoms with Gasteiger partial charge in [0.15, 0.2) is 0 Å². The summed E-state index contributed by atoms with van der Waals surface area (Å²) in [5.74, 6) is 0.909. The lowest BCUT2D eigenvalue weighted by molar-refractivity contribution is -0.114. The van der Waals surface area contributed by atoms with Crippen molar-refractivity contribution in [2.45, 2.75) is 63.3 Å². The van der Waals surface area contributed by atoms with Gasteiger partial charge >= 0.3 is 0 Å². The summed E-state index contributed by atoms with van der Waals surface area (Å²) >= 11 is 0. The van der Waals surface area contributed by atoms with Gasteiger partial charge in [-0.3, -0.25) is 0 Å². The SMILES string of the molecule is CCOc1ccc(C2(c3ccc(C)c(C4CC(O)CC(CO)O4)c3)CC2)cc1. The highest BCUT2D eigenvalue weighted by Crippen LogP contribution is 2.54. The maximum atomic E-state index is 10.2. The monoisotopic (exact) mass is 382 g/mol. The molecule has 2 aromatic carbocycles. The quantitative estimate of drug-likeness (QED) is 0.791. The minimum atomic E-state index is -0.431. The van der Waals surface area contributed by atoms with Crippen LogP contribution >= 0.6 is 0 Å². The standard InChI is InChI=1S/C24H30O4/c1-3-27-20-8-6-17(7-9-20)24(10-11-24)18-5-4-16(2)22(12-18)23-14-19(26)13-21(15-25)28-23/h4-9,12,19,21,23,25-26H,3,10-11,13-15H2,1-2H3. The van der Waals surface area contributed by atoms with E-state index >= 15 is 0 Å². The van der Waals surface area contributed by atoms with Crippen molar-refractivity contribution in [3.05, 3.63) is 64.7 Å². The third-order valence-corrected chi connectivity index (χ3v) is 6.23. The van der Waals surface area contributed by atoms with Gasteiger partial charge in [0.1, 0.15) is 5.75 Å². The highest BCUT2D eigenvalue weighted by atomic mass is 16.5. The number of aliphatic hydroxyl groups excluding tert-OH is 2. The fourth-order valence-corrected chi connectivity index (χ4v) is 4.50. The minimum absolute atomic E-state index is 0.0532. The van der Waals surface area contributed by atoms with E-state index in [9.17, 15) is 10.2 Å². The molecule has 0 aromatic heterocycles. The van der Waals surface area contributed by atoms with E-state index in [1.54, 1.807) is 0 Å². The first-order chi connectivity index (χ1) is 13.6. The van der Waals surface area contributed by atoms with Crippen molar-refractivity contribution in [3.8, 4) is 5.75 Å². The zero-order valence-corrected chi connectivity index (χ0v) is 16.7. The van der Waals surface area contributed by atoms with Crippen LogP contribution in [0.25, 0.3) is 0 Å². The van der Waals surface area contributed by atoms with Gasteiger partial charge in [-0.1, -0.05) is 30.3 Å². The Bertz CT molecular complexity index is 810. The second kappa shape index (κ2) is 7.86. The van der Waals surface area contributed by atoms with Crippen molar-refractivity contribution in [1.82, 2.24) is 0 Å². The van der Waals surface area contributed by atoms with Crippen LogP contribution in [0.1, 0.15) is 61.0 Å². The van der Waals surface area contributed by atoms with E-state index in [0.717, 1.165) is 24.2 Å². The predicted octanol–water partition coefficient (Wildman–Crippen LogP) is 4.05. The van der Waals surface area contributed by atoms with Crippen molar-refractivity contribution < 1.29 is 19.7 Å². The largest absolute Gasteiger partial charge is 0.494 e. The Kier molecular flexibility index (Phi) is 5.46. The van der Waals surface area contributed by atoms with Gasteiger partial charge in [0, 0.05) is 18.3 Å². The summed E-state index contributed by atoms with van der Waals surface area (Å²) in [4.78, 5) is 0. The lowest BCUT2D eigenvalue weighted by atomic mass is 9.84. The van der Waals surface area contributed by atoms with E-state index in [2.05, 4.69) is 49.4 Å². The molecular weight excluding hydrogens is 352 g/mol. The summed E-state index contributed by atoms with van der Waals surface area (Å²) in [7, 11) is 0. The van der Waals surface area contributed by atoms with Gasteiger partial charge in [-0.15, -0.1) is 0 Å². The Morgan fingerprint density at radius 3 is 2.43 bits per heavy atom. The van der Waals surface area contributed by atoms with Crippen molar-refractivity contribution in [3.63, 3.8) is 0 Å². The molecule has 2 aliphatic rings. The lowest BCUT2D eigenvalue weighted by Crippen LogP contribution is -2.33. The van der Waals surface area contributed by atoms with Gasteiger partial charge in [0.2, 0.25) is 0 Å². The third-order valence-electron chi connectivity index (χ3n) is 6.23. The van der Waals surface area contributed by atoms with Gasteiger partial charge in [-0.05, 0) is 61.1 Å². The van der Waals surface area contributed by atoms with E-state index in [1.807, 2.05) is 6.92 Å². The van der Waals surface area contributed by atoms with Crippen LogP contribution in [0, 0.1) is 6.92 Å². The van der Waals surface area contributed by atoms with Crippen molar-refractivity contribution >= 4 is 0 Å². The number of rotatable bonds is 6. The van der Waals surface area contributed by atoms with Gasteiger partial charge in [-0.25, -0.2) is 0 Å². The molecule has 3 unspecified atom stereocenters. The Hall–Kier alpha value is -1.88. The average Bonchev–Trinajstić information content (AvgIpc) is 3.50. The van der Waals surface area contributed by atoms with Crippen molar-refractivity contribution in [1.29, 1.82) is 0 Å². The van der Waals surface area contributed by atoms with Crippen molar-refractivity contribution in [2.75, 3.05) is 13.2 Å². The van der Waals surface area contributed by atoms with Crippen LogP contribution in [0.15, 0.2) is 42.5 Å². The van der Waals surface area contributed by atoms with Gasteiger partial charge in [0.25, 0.3) is 0 Å². The molecule has 4 nitrogen and oxygen atoms in total. The van der Waals surface area contributed by atoms with E-state index in [-0.39, 0.29) is 24.2 Å². The summed E-state index contributed by atoms with van der Waals surface area (Å²) < 4.78 is 11.7. The lowest BCUT2D eigenvalue weighted by Gasteiger charge is -2.33. The molecule has 3 atom stereocenters. The molecule has 150 valence electrons. The topological polar surface area (TPSA) is 58.9 Å². The van der Waals surface area contributed by atoms with Crippen LogP contribution < -0.4 is 4.74 Å². The minimum Gasteiger partial charge on any atom is -0.494 e. The molecule has 0 bridgehead atoms. The van der Waals surface area contributed by atoms with Crippen LogP contribution in [0.5, 0.6) is 5.75 Å². The Labute approximate surface area is 167 Å². The predicted molar refractivity (Wildman–Crippen MR) is 109 cm³/mol. The molecule has 2 fully saturated rings. The summed E-state index contributed by atoms with van der Waals surface area (Å²) in [5, 5.41) is 19.7. The number of aliphatic hydroxyl groups is 2. The van der Waals surface area contributed by atoms with Gasteiger partial charge in [-0.2, -0.15) is 0 Å². The molecule has 4 heteroatoms. The molecule has 0 amide bonds. The van der Waals surface area contributed by atoms with Crippen molar-refractivity contribution in [2.24, 2.45) is 0 Å². The molecule has 1 aliphatic carbocycles. The van der Waals surface area contributed by atoms with E-state index in [4.69, 9.17) is 9.47 Å². The van der Waals surface area contributed by atoms with Crippen LogP contribution in [-0.2, 0) is 10.2 Å². The van der Waals surface area contributed by atoms with E-state index < -0.39 is 6.10 Å². The number of benzene rings is 2. The highest BCUT2D eigenvalue weighted by molar-refractivity contribution is 5.49. The van der Waals surface area contributed by atoms with Crippen LogP contribution in [0.3, 0.4) is 0 Å². The number of hydrogen-bond donors (Lipinski definition) is 2. The summed E-state index contributed by atoms with van der Waals surface area (Å²) in [6.07, 6.45) is 2.46. The molecule has 2 N–H and O–H groups in total. The maximum absolute atomic E-state index is 10.2. The highest BCUT2D eigenvalue weighted by Gasteiger charge is 2.46. The average molecular weight is 383 g/mol. The Balaban J connectivity index is 1.63. The molecule has 1 heterocycles. The first kappa shape index (κ1) is 19.4. The molecule has 1 saturated carbocycles. The number of hydrogen-bond acceptors (Lipinski definition) is 4. The van der Waals surface area contributed by atoms with E-state index in [1.165, 1.54) is 16.7 Å². The number of aryl methyl sites for hydroxylation is 1. The van der Waals surface area contributed by atoms with Crippen LogP contribution in [0.2, 0.25) is 0 Å². The molecule has 4 rings (SSSR count). The Morgan fingerprint density at radius 2 is 1.79 bits per heavy atom. The summed E-state index contributed by atoms with van der Waals surface area (Å²) in [5.41, 5.74) is 5.00. The zero-order chi connectivity index (χ0) is 19.7. The fourth-order valence-electron chi connectivity index (χ4n) is 4.50. The normalized spacial score (nSPS) is 26.1. The van der Waals surface area contributed by atoms with Crippen LogP contribution in [0.4, 0.5) is 0 Å². The fraction of sp³-hybridized carbons (Fsp3) is 0.500. The smallest absolute Gasteiger partial charge is 0.119 e. The third kappa shape index (κ3) is 3.69. The molecular formula is C24H30O4. The summed E-state index contributed by atoms with van der Waals surface area (Å²) in [6.45, 7) is 4.71. The summed E-state index contributed by atoms with van der Waals surface area (Å²) in [6, 6.07) is 15.1. The number of ether oxygens (including phenoxy) is 2.